The minimum atomic E-state index is -0.257. The molecule has 0 amide bonds. The van der Waals surface area contributed by atoms with Gasteiger partial charge in [0.15, 0.2) is 0 Å². The molecule has 0 aliphatic carbocycles. The summed E-state index contributed by atoms with van der Waals surface area (Å²) >= 11 is 0. The van der Waals surface area contributed by atoms with Crippen LogP contribution >= 0.6 is 0 Å². The molecule has 21 heavy (non-hydrogen) atoms. The zero-order valence-corrected chi connectivity index (χ0v) is 12.6. The Morgan fingerprint density at radius 2 is 2.14 bits per heavy atom. The molecule has 1 atom stereocenters. The van der Waals surface area contributed by atoms with E-state index in [1.807, 2.05) is 6.92 Å². The number of benzene rings is 1. The number of aromatic nitrogens is 2. The molecule has 0 radical (unpaired) electrons. The Labute approximate surface area is 124 Å². The maximum Gasteiger partial charge on any atom is 0.226 e. The monoisotopic (exact) mass is 291 g/mol. The van der Waals surface area contributed by atoms with E-state index >= 15 is 0 Å². The highest BCUT2D eigenvalue weighted by Crippen LogP contribution is 2.22. The molecular formula is C16H22FN3O. The predicted molar refractivity (Wildman–Crippen MR) is 80.2 cm³/mol. The van der Waals surface area contributed by atoms with Gasteiger partial charge in [-0.05, 0) is 56.0 Å². The number of hydrogen-bond acceptors (Lipinski definition) is 4. The second kappa shape index (κ2) is 7.31. The molecule has 1 aromatic carbocycles. The maximum absolute atomic E-state index is 13.1. The fourth-order valence-corrected chi connectivity index (χ4v) is 2.46. The van der Waals surface area contributed by atoms with Gasteiger partial charge in [0.1, 0.15) is 5.82 Å². The molecule has 0 spiro atoms. The molecule has 2 aromatic rings. The van der Waals surface area contributed by atoms with Crippen LogP contribution < -0.4 is 5.73 Å². The van der Waals surface area contributed by atoms with Crippen molar-refractivity contribution in [3.63, 3.8) is 0 Å². The molecule has 0 saturated carbocycles. The summed E-state index contributed by atoms with van der Waals surface area (Å²) in [5.74, 6) is 1.49. The summed E-state index contributed by atoms with van der Waals surface area (Å²) in [5, 5.41) is 3.99. The number of nitrogens with zero attached hydrogens (tertiary/aromatic N) is 2. The van der Waals surface area contributed by atoms with E-state index < -0.39 is 0 Å². The van der Waals surface area contributed by atoms with Crippen molar-refractivity contribution < 1.29 is 8.91 Å². The molecule has 2 N–H and O–H groups in total. The number of halogens is 1. The van der Waals surface area contributed by atoms with Gasteiger partial charge in [-0.3, -0.25) is 0 Å². The molecule has 2 rings (SSSR count). The molecule has 1 aromatic heterocycles. The zero-order chi connectivity index (χ0) is 15.2. The van der Waals surface area contributed by atoms with E-state index in [1.54, 1.807) is 6.07 Å². The third kappa shape index (κ3) is 4.11. The number of rotatable bonds is 7. The smallest absolute Gasteiger partial charge is 0.226 e. The lowest BCUT2D eigenvalue weighted by Gasteiger charge is -2.11. The van der Waals surface area contributed by atoms with Crippen LogP contribution in [-0.4, -0.2) is 16.7 Å². The highest BCUT2D eigenvalue weighted by atomic mass is 19.1. The van der Waals surface area contributed by atoms with Crippen molar-refractivity contribution in [3.8, 4) is 11.4 Å². The molecule has 0 saturated heterocycles. The van der Waals surface area contributed by atoms with Crippen molar-refractivity contribution in [2.45, 2.75) is 39.5 Å². The van der Waals surface area contributed by atoms with Crippen LogP contribution in [0, 0.1) is 18.7 Å². The fourth-order valence-electron chi connectivity index (χ4n) is 2.46. The second-order valence-corrected chi connectivity index (χ2v) is 5.36. The van der Waals surface area contributed by atoms with Gasteiger partial charge < -0.3 is 10.3 Å². The van der Waals surface area contributed by atoms with E-state index in [-0.39, 0.29) is 5.82 Å². The van der Waals surface area contributed by atoms with Crippen molar-refractivity contribution >= 4 is 0 Å². The number of aryl methyl sites for hydroxylation is 2. The van der Waals surface area contributed by atoms with E-state index in [2.05, 4.69) is 17.1 Å². The van der Waals surface area contributed by atoms with Crippen LogP contribution in [-0.2, 0) is 6.42 Å². The molecule has 5 heteroatoms. The normalized spacial score (nSPS) is 12.6. The Morgan fingerprint density at radius 3 is 2.81 bits per heavy atom. The highest BCUT2D eigenvalue weighted by molar-refractivity contribution is 5.59. The molecule has 0 aliphatic heterocycles. The predicted octanol–water partition coefficient (Wildman–Crippen LogP) is 3.49. The van der Waals surface area contributed by atoms with Gasteiger partial charge in [0.25, 0.3) is 0 Å². The van der Waals surface area contributed by atoms with Crippen LogP contribution in [0.1, 0.15) is 37.6 Å². The first-order valence-corrected chi connectivity index (χ1v) is 7.43. The van der Waals surface area contributed by atoms with E-state index in [1.165, 1.54) is 12.1 Å². The van der Waals surface area contributed by atoms with Crippen LogP contribution in [0.5, 0.6) is 0 Å². The Bertz CT molecular complexity index is 583. The summed E-state index contributed by atoms with van der Waals surface area (Å²) < 4.78 is 18.4. The number of hydrogen-bond donors (Lipinski definition) is 1. The van der Waals surface area contributed by atoms with Gasteiger partial charge >= 0.3 is 0 Å². The highest BCUT2D eigenvalue weighted by Gasteiger charge is 2.13. The van der Waals surface area contributed by atoms with Gasteiger partial charge in [-0.25, -0.2) is 4.39 Å². The van der Waals surface area contributed by atoms with Crippen molar-refractivity contribution in [2.24, 2.45) is 11.7 Å². The third-order valence-corrected chi connectivity index (χ3v) is 3.82. The Morgan fingerprint density at radius 1 is 1.33 bits per heavy atom. The Kier molecular flexibility index (Phi) is 5.44. The molecular weight excluding hydrogens is 269 g/mol. The van der Waals surface area contributed by atoms with Crippen LogP contribution in [0.4, 0.5) is 4.39 Å². The molecule has 1 heterocycles. The summed E-state index contributed by atoms with van der Waals surface area (Å²) in [4.78, 5) is 4.41. The fraction of sp³-hybridized carbons (Fsp3) is 0.500. The van der Waals surface area contributed by atoms with E-state index in [0.717, 1.165) is 36.8 Å². The van der Waals surface area contributed by atoms with E-state index in [0.29, 0.717) is 24.2 Å². The average molecular weight is 291 g/mol. The number of nitrogens with two attached hydrogens (primary N) is 1. The Balaban J connectivity index is 2.04. The molecule has 1 unspecified atom stereocenters. The Hall–Kier alpha value is -1.75. The minimum Gasteiger partial charge on any atom is -0.339 e. The van der Waals surface area contributed by atoms with Gasteiger partial charge in [0.05, 0.1) is 0 Å². The van der Waals surface area contributed by atoms with Crippen molar-refractivity contribution in [3.05, 3.63) is 35.5 Å². The third-order valence-electron chi connectivity index (χ3n) is 3.82. The maximum atomic E-state index is 13.1. The second-order valence-electron chi connectivity index (χ2n) is 5.36. The quantitative estimate of drug-likeness (QED) is 0.848. The first-order chi connectivity index (χ1) is 10.1. The summed E-state index contributed by atoms with van der Waals surface area (Å²) in [6, 6.07) is 4.56. The largest absolute Gasteiger partial charge is 0.339 e. The summed E-state index contributed by atoms with van der Waals surface area (Å²) in [7, 11) is 0. The summed E-state index contributed by atoms with van der Waals surface area (Å²) in [5.41, 5.74) is 7.21. The summed E-state index contributed by atoms with van der Waals surface area (Å²) in [6.07, 6.45) is 3.88. The van der Waals surface area contributed by atoms with E-state index in [4.69, 9.17) is 10.3 Å². The van der Waals surface area contributed by atoms with Gasteiger partial charge in [-0.15, -0.1) is 0 Å². The standard InChI is InChI=1S/C16H22FN3O/c1-3-12(8-9-18)4-7-15-19-16(20-21-15)14-6-5-13(17)10-11(14)2/h5-6,10,12H,3-4,7-9,18H2,1-2H3. The van der Waals surface area contributed by atoms with Crippen LogP contribution in [0.15, 0.2) is 22.7 Å². The van der Waals surface area contributed by atoms with E-state index in [9.17, 15) is 4.39 Å². The van der Waals surface area contributed by atoms with Crippen LogP contribution in [0.3, 0.4) is 0 Å². The van der Waals surface area contributed by atoms with Gasteiger partial charge in [0, 0.05) is 12.0 Å². The van der Waals surface area contributed by atoms with Gasteiger partial charge in [-0.2, -0.15) is 4.98 Å². The van der Waals surface area contributed by atoms with Crippen LogP contribution in [0.25, 0.3) is 11.4 Å². The lowest BCUT2D eigenvalue weighted by atomic mass is 9.97. The molecule has 4 nitrogen and oxygen atoms in total. The van der Waals surface area contributed by atoms with Crippen molar-refractivity contribution in [1.29, 1.82) is 0 Å². The average Bonchev–Trinajstić information content (AvgIpc) is 2.92. The minimum absolute atomic E-state index is 0.257. The zero-order valence-electron chi connectivity index (χ0n) is 12.6. The first kappa shape index (κ1) is 15.6. The topological polar surface area (TPSA) is 64.9 Å². The lowest BCUT2D eigenvalue weighted by Crippen LogP contribution is -2.09. The van der Waals surface area contributed by atoms with Gasteiger partial charge in [-0.1, -0.05) is 18.5 Å². The van der Waals surface area contributed by atoms with Crippen molar-refractivity contribution in [1.82, 2.24) is 10.1 Å². The molecule has 0 fully saturated rings. The molecule has 114 valence electrons. The van der Waals surface area contributed by atoms with Crippen molar-refractivity contribution in [2.75, 3.05) is 6.54 Å². The summed E-state index contributed by atoms with van der Waals surface area (Å²) in [6.45, 7) is 4.71. The molecule has 0 aliphatic rings. The van der Waals surface area contributed by atoms with Crippen LogP contribution in [0.2, 0.25) is 0 Å². The first-order valence-electron chi connectivity index (χ1n) is 7.43. The van der Waals surface area contributed by atoms with Gasteiger partial charge in [0.2, 0.25) is 11.7 Å². The molecule has 0 bridgehead atoms. The SMILES string of the molecule is CCC(CCN)CCc1nc(-c2ccc(F)cc2C)no1. The lowest BCUT2D eigenvalue weighted by molar-refractivity contribution is 0.354.